The summed E-state index contributed by atoms with van der Waals surface area (Å²) in [7, 11) is 0. The Balaban J connectivity index is 0.000000541. The Kier molecular flexibility index (Phi) is 6.35. The van der Waals surface area contributed by atoms with Crippen LogP contribution < -0.4 is 0 Å². The first-order valence-corrected chi connectivity index (χ1v) is 7.10. The van der Waals surface area contributed by atoms with Gasteiger partial charge in [-0.25, -0.2) is 22.7 Å². The zero-order valence-electron chi connectivity index (χ0n) is 13.1. The van der Waals surface area contributed by atoms with Crippen LogP contribution in [-0.2, 0) is 0 Å². The summed E-state index contributed by atoms with van der Waals surface area (Å²) in [6.45, 7) is 7.14. The van der Waals surface area contributed by atoms with Crippen LogP contribution in [0.1, 0.15) is 56.6 Å². The number of halogens is 3. The van der Waals surface area contributed by atoms with Crippen molar-refractivity contribution in [3.63, 3.8) is 0 Å². The van der Waals surface area contributed by atoms with Crippen molar-refractivity contribution in [1.29, 1.82) is 5.26 Å². The Morgan fingerprint density at radius 1 is 1.32 bits per heavy atom. The lowest BCUT2D eigenvalue weighted by Crippen LogP contribution is -2.11. The van der Waals surface area contributed by atoms with Crippen LogP contribution in [0.2, 0.25) is 0 Å². The van der Waals surface area contributed by atoms with E-state index in [1.54, 1.807) is 13.0 Å². The summed E-state index contributed by atoms with van der Waals surface area (Å²) >= 11 is 0. The molecule has 2 heterocycles. The highest BCUT2D eigenvalue weighted by Crippen LogP contribution is 2.30. The first-order chi connectivity index (χ1) is 10.4. The van der Waals surface area contributed by atoms with E-state index >= 15 is 0 Å². The van der Waals surface area contributed by atoms with Gasteiger partial charge in [0.05, 0.1) is 17.8 Å². The van der Waals surface area contributed by atoms with Gasteiger partial charge in [0.25, 0.3) is 0 Å². The number of alkyl halides is 2. The van der Waals surface area contributed by atoms with Gasteiger partial charge in [0.15, 0.2) is 5.82 Å². The molecule has 0 N–H and O–H groups in total. The van der Waals surface area contributed by atoms with Gasteiger partial charge in [-0.2, -0.15) is 10.4 Å². The Labute approximate surface area is 127 Å². The standard InChI is InChI=1S/C11H9F3N4.C4H10/c1-5(11(13)14)10-7(3-15)9(12)8-4-16-6(2)17-18(8)10;1-3-4-2/h4-5,11H,1-2H3;3-4H2,1-2H3. The molecule has 0 saturated carbocycles. The van der Waals surface area contributed by atoms with Gasteiger partial charge in [-0.3, -0.25) is 0 Å². The van der Waals surface area contributed by atoms with Crippen molar-refractivity contribution in [2.75, 3.05) is 0 Å². The van der Waals surface area contributed by atoms with Crippen LogP contribution in [0.3, 0.4) is 0 Å². The van der Waals surface area contributed by atoms with Crippen molar-refractivity contribution >= 4 is 5.52 Å². The molecule has 2 aromatic heterocycles. The quantitative estimate of drug-likeness (QED) is 0.852. The van der Waals surface area contributed by atoms with E-state index in [1.807, 2.05) is 0 Å². The minimum absolute atomic E-state index is 0.0698. The average Bonchev–Trinajstić information content (AvgIpc) is 2.78. The molecule has 0 aliphatic rings. The van der Waals surface area contributed by atoms with Gasteiger partial charge in [0.2, 0.25) is 6.43 Å². The highest BCUT2D eigenvalue weighted by Gasteiger charge is 2.28. The number of nitrogens with zero attached hydrogens (tertiary/aromatic N) is 4. The number of rotatable bonds is 3. The number of hydrogen-bond donors (Lipinski definition) is 0. The molecule has 0 aliphatic carbocycles. The minimum Gasteiger partial charge on any atom is -0.237 e. The van der Waals surface area contributed by atoms with E-state index in [4.69, 9.17) is 5.26 Å². The molecule has 0 amide bonds. The second-order valence-electron chi connectivity index (χ2n) is 4.91. The molecule has 7 heteroatoms. The van der Waals surface area contributed by atoms with Gasteiger partial charge >= 0.3 is 0 Å². The molecule has 2 aromatic rings. The summed E-state index contributed by atoms with van der Waals surface area (Å²) in [5.41, 5.74) is -0.590. The fourth-order valence-electron chi connectivity index (χ4n) is 1.76. The third-order valence-electron chi connectivity index (χ3n) is 3.20. The fraction of sp³-hybridized carbons (Fsp3) is 0.533. The summed E-state index contributed by atoms with van der Waals surface area (Å²) in [5, 5.41) is 12.8. The Morgan fingerprint density at radius 3 is 2.36 bits per heavy atom. The highest BCUT2D eigenvalue weighted by atomic mass is 19.3. The smallest absolute Gasteiger partial charge is 0.237 e. The van der Waals surface area contributed by atoms with Crippen molar-refractivity contribution in [3.05, 3.63) is 29.1 Å². The van der Waals surface area contributed by atoms with E-state index in [-0.39, 0.29) is 11.2 Å². The highest BCUT2D eigenvalue weighted by molar-refractivity contribution is 5.57. The number of unbranched alkanes of at least 4 members (excludes halogenated alkanes) is 1. The van der Waals surface area contributed by atoms with Crippen molar-refractivity contribution < 1.29 is 13.2 Å². The van der Waals surface area contributed by atoms with Crippen LogP contribution in [0.25, 0.3) is 5.52 Å². The molecular formula is C15H19F3N4. The third-order valence-corrected chi connectivity index (χ3v) is 3.20. The molecule has 0 aromatic carbocycles. The summed E-state index contributed by atoms with van der Waals surface area (Å²) in [6.07, 6.45) is 1.12. The van der Waals surface area contributed by atoms with Crippen molar-refractivity contribution in [2.45, 2.75) is 52.9 Å². The second-order valence-corrected chi connectivity index (χ2v) is 4.91. The lowest BCUT2D eigenvalue weighted by Gasteiger charge is -2.10. The molecule has 1 atom stereocenters. The summed E-state index contributed by atoms with van der Waals surface area (Å²) in [6, 6.07) is 1.61. The predicted octanol–water partition coefficient (Wildman–Crippen LogP) is 4.22. The lowest BCUT2D eigenvalue weighted by molar-refractivity contribution is 0.118. The maximum atomic E-state index is 13.9. The number of aryl methyl sites for hydroxylation is 1. The fourth-order valence-corrected chi connectivity index (χ4v) is 1.76. The molecule has 1 unspecified atom stereocenters. The molecule has 22 heavy (non-hydrogen) atoms. The van der Waals surface area contributed by atoms with Crippen LogP contribution >= 0.6 is 0 Å². The molecule has 2 rings (SSSR count). The first-order valence-electron chi connectivity index (χ1n) is 7.10. The zero-order valence-corrected chi connectivity index (χ0v) is 13.1. The maximum Gasteiger partial charge on any atom is 0.246 e. The summed E-state index contributed by atoms with van der Waals surface area (Å²) in [4.78, 5) is 3.79. The van der Waals surface area contributed by atoms with E-state index in [9.17, 15) is 13.2 Å². The molecule has 0 spiro atoms. The molecule has 4 nitrogen and oxygen atoms in total. The van der Waals surface area contributed by atoms with Crippen molar-refractivity contribution in [2.24, 2.45) is 0 Å². The van der Waals surface area contributed by atoms with Crippen LogP contribution in [-0.4, -0.2) is 21.0 Å². The Hall–Kier alpha value is -2.10. The number of aromatic nitrogens is 3. The Bertz CT molecular complexity index is 671. The molecule has 120 valence electrons. The largest absolute Gasteiger partial charge is 0.246 e. The van der Waals surface area contributed by atoms with Crippen molar-refractivity contribution in [3.8, 4) is 6.07 Å². The third kappa shape index (κ3) is 3.56. The molecule has 0 fully saturated rings. The van der Waals surface area contributed by atoms with Crippen LogP contribution in [0, 0.1) is 24.1 Å². The number of nitriles is 1. The van der Waals surface area contributed by atoms with Gasteiger partial charge in [-0.15, -0.1) is 0 Å². The van der Waals surface area contributed by atoms with E-state index < -0.39 is 23.7 Å². The normalized spacial score (nSPS) is 12.0. The monoisotopic (exact) mass is 312 g/mol. The van der Waals surface area contributed by atoms with E-state index in [0.29, 0.717) is 5.82 Å². The average molecular weight is 312 g/mol. The maximum absolute atomic E-state index is 13.9. The SMILES string of the molecule is CCCC.Cc1ncc2c(F)c(C#N)c(C(C)C(F)F)n2n1. The molecule has 0 bridgehead atoms. The first kappa shape index (κ1) is 18.0. The van der Waals surface area contributed by atoms with E-state index in [1.165, 1.54) is 26.0 Å². The van der Waals surface area contributed by atoms with Gasteiger partial charge < -0.3 is 0 Å². The predicted molar refractivity (Wildman–Crippen MR) is 77.4 cm³/mol. The minimum atomic E-state index is -2.70. The lowest BCUT2D eigenvalue weighted by atomic mass is 10.1. The van der Waals surface area contributed by atoms with Crippen LogP contribution in [0.15, 0.2) is 6.20 Å². The molecule has 0 aliphatic heterocycles. The van der Waals surface area contributed by atoms with Crippen LogP contribution in [0.5, 0.6) is 0 Å². The van der Waals surface area contributed by atoms with Gasteiger partial charge in [0, 0.05) is 0 Å². The van der Waals surface area contributed by atoms with E-state index in [0.717, 1.165) is 4.52 Å². The van der Waals surface area contributed by atoms with E-state index in [2.05, 4.69) is 23.9 Å². The second kappa shape index (κ2) is 7.78. The van der Waals surface area contributed by atoms with Gasteiger partial charge in [-0.1, -0.05) is 33.6 Å². The summed E-state index contributed by atoms with van der Waals surface area (Å²) < 4.78 is 40.5. The van der Waals surface area contributed by atoms with Gasteiger partial charge in [0.1, 0.15) is 23.0 Å². The van der Waals surface area contributed by atoms with Gasteiger partial charge in [-0.05, 0) is 6.92 Å². The molecular weight excluding hydrogens is 293 g/mol. The molecule has 0 radical (unpaired) electrons. The molecule has 0 saturated heterocycles. The summed E-state index contributed by atoms with van der Waals surface area (Å²) in [5.74, 6) is -1.84. The van der Waals surface area contributed by atoms with Crippen LogP contribution in [0.4, 0.5) is 13.2 Å². The number of fused-ring (bicyclic) bond motifs is 1. The topological polar surface area (TPSA) is 54.0 Å². The zero-order chi connectivity index (χ0) is 16.9. The number of hydrogen-bond acceptors (Lipinski definition) is 3. The Morgan fingerprint density at radius 2 is 1.91 bits per heavy atom. The van der Waals surface area contributed by atoms with Crippen molar-refractivity contribution in [1.82, 2.24) is 14.6 Å².